The highest BCUT2D eigenvalue weighted by Crippen LogP contribution is 2.18. The van der Waals surface area contributed by atoms with Crippen LogP contribution in [-0.4, -0.2) is 33.0 Å². The fourth-order valence-electron chi connectivity index (χ4n) is 1.91. The molecule has 2 rings (SSSR count). The van der Waals surface area contributed by atoms with E-state index in [0.29, 0.717) is 17.1 Å². The average molecular weight is 313 g/mol. The fraction of sp³-hybridized carbons (Fsp3) is 0.176. The Balaban J connectivity index is 1.99. The van der Waals surface area contributed by atoms with Gasteiger partial charge in [-0.2, -0.15) is 0 Å². The molecule has 0 heterocycles. The molecule has 2 N–H and O–H groups in total. The molecular formula is C17H19N3O3. The van der Waals surface area contributed by atoms with Crippen LogP contribution in [0, 0.1) is 0 Å². The van der Waals surface area contributed by atoms with Gasteiger partial charge in [0.05, 0.1) is 7.11 Å². The van der Waals surface area contributed by atoms with E-state index in [1.165, 1.54) is 0 Å². The first kappa shape index (κ1) is 16.4. The molecule has 6 nitrogen and oxygen atoms in total. The van der Waals surface area contributed by atoms with Gasteiger partial charge in [-0.25, -0.2) is 0 Å². The van der Waals surface area contributed by atoms with Crippen LogP contribution >= 0.6 is 0 Å². The summed E-state index contributed by atoms with van der Waals surface area (Å²) in [5.74, 6) is -0.782. The lowest BCUT2D eigenvalue weighted by Gasteiger charge is -2.14. The minimum Gasteiger partial charge on any atom is -0.497 e. The van der Waals surface area contributed by atoms with Crippen molar-refractivity contribution in [3.05, 3.63) is 48.5 Å². The highest BCUT2D eigenvalue weighted by Gasteiger charge is 2.14. The van der Waals surface area contributed by atoms with Crippen LogP contribution in [0.1, 0.15) is 0 Å². The minimum atomic E-state index is -0.731. The standard InChI is InChI=1S/C17H19N3O3/c1-20(2)14-6-4-5-13(11-14)19-17(22)16(21)18-12-7-9-15(23-3)10-8-12/h4-11H,1-3H3,(H,18,21)(H,19,22). The summed E-state index contributed by atoms with van der Waals surface area (Å²) in [6.45, 7) is 0. The van der Waals surface area contributed by atoms with Gasteiger partial charge in [-0.3, -0.25) is 9.59 Å². The lowest BCUT2D eigenvalue weighted by molar-refractivity contribution is -0.132. The highest BCUT2D eigenvalue weighted by molar-refractivity contribution is 6.43. The second-order valence-corrected chi connectivity index (χ2v) is 5.08. The Morgan fingerprint density at radius 3 is 2.09 bits per heavy atom. The third kappa shape index (κ3) is 4.47. The maximum absolute atomic E-state index is 12.0. The second kappa shape index (κ2) is 7.31. The van der Waals surface area contributed by atoms with E-state index in [0.717, 1.165) is 5.69 Å². The zero-order valence-electron chi connectivity index (χ0n) is 13.3. The molecule has 0 aliphatic rings. The molecule has 2 aromatic carbocycles. The first-order valence-electron chi connectivity index (χ1n) is 7.03. The molecule has 0 fully saturated rings. The van der Waals surface area contributed by atoms with Gasteiger partial charge in [0.15, 0.2) is 0 Å². The van der Waals surface area contributed by atoms with Crippen molar-refractivity contribution in [2.75, 3.05) is 36.7 Å². The summed E-state index contributed by atoms with van der Waals surface area (Å²) < 4.78 is 5.04. The van der Waals surface area contributed by atoms with Crippen molar-refractivity contribution in [2.24, 2.45) is 0 Å². The number of anilines is 3. The van der Waals surface area contributed by atoms with E-state index in [-0.39, 0.29) is 0 Å². The van der Waals surface area contributed by atoms with Gasteiger partial charge in [0, 0.05) is 31.2 Å². The van der Waals surface area contributed by atoms with E-state index < -0.39 is 11.8 Å². The third-order valence-electron chi connectivity index (χ3n) is 3.17. The summed E-state index contributed by atoms with van der Waals surface area (Å²) in [7, 11) is 5.36. The van der Waals surface area contributed by atoms with Crippen LogP contribution in [0.4, 0.5) is 17.1 Å². The molecule has 2 aromatic rings. The molecule has 0 atom stereocenters. The molecule has 0 radical (unpaired) electrons. The van der Waals surface area contributed by atoms with Crippen LogP contribution in [0.5, 0.6) is 5.75 Å². The van der Waals surface area contributed by atoms with E-state index in [2.05, 4.69) is 10.6 Å². The number of carbonyl (C=O) groups is 2. The first-order valence-corrected chi connectivity index (χ1v) is 7.03. The van der Waals surface area contributed by atoms with Crippen LogP contribution in [0.2, 0.25) is 0 Å². The van der Waals surface area contributed by atoms with Gasteiger partial charge in [-0.1, -0.05) is 6.07 Å². The number of hydrogen-bond acceptors (Lipinski definition) is 4. The summed E-state index contributed by atoms with van der Waals surface area (Å²) in [4.78, 5) is 25.8. The van der Waals surface area contributed by atoms with Gasteiger partial charge >= 0.3 is 11.8 Å². The summed E-state index contributed by atoms with van der Waals surface area (Å²) in [6, 6.07) is 14.0. The largest absolute Gasteiger partial charge is 0.497 e. The molecule has 0 unspecified atom stereocenters. The molecule has 2 amide bonds. The smallest absolute Gasteiger partial charge is 0.314 e. The third-order valence-corrected chi connectivity index (χ3v) is 3.17. The Hall–Kier alpha value is -3.02. The Bertz CT molecular complexity index is 696. The van der Waals surface area contributed by atoms with Crippen LogP contribution in [-0.2, 0) is 9.59 Å². The van der Waals surface area contributed by atoms with Crippen LogP contribution in [0.15, 0.2) is 48.5 Å². The van der Waals surface area contributed by atoms with Crippen molar-refractivity contribution >= 4 is 28.9 Å². The quantitative estimate of drug-likeness (QED) is 0.850. The first-order chi connectivity index (χ1) is 11.0. The van der Waals surface area contributed by atoms with E-state index in [1.54, 1.807) is 43.5 Å². The van der Waals surface area contributed by atoms with Crippen LogP contribution < -0.4 is 20.3 Å². The highest BCUT2D eigenvalue weighted by atomic mass is 16.5. The molecule has 0 spiro atoms. The summed E-state index contributed by atoms with van der Waals surface area (Å²) in [5, 5.41) is 5.11. The van der Waals surface area contributed by atoms with Gasteiger partial charge in [-0.15, -0.1) is 0 Å². The van der Waals surface area contributed by atoms with Crippen LogP contribution in [0.25, 0.3) is 0 Å². The van der Waals surface area contributed by atoms with Gasteiger partial charge < -0.3 is 20.3 Å². The van der Waals surface area contributed by atoms with Crippen molar-refractivity contribution in [3.8, 4) is 5.75 Å². The van der Waals surface area contributed by atoms with Crippen molar-refractivity contribution in [2.45, 2.75) is 0 Å². The molecule has 0 aliphatic carbocycles. The van der Waals surface area contributed by atoms with E-state index in [1.807, 2.05) is 31.1 Å². The maximum Gasteiger partial charge on any atom is 0.314 e. The molecule has 0 aliphatic heterocycles. The Kier molecular flexibility index (Phi) is 5.19. The Morgan fingerprint density at radius 1 is 0.913 bits per heavy atom. The Labute approximate surface area is 135 Å². The summed E-state index contributed by atoms with van der Waals surface area (Å²) in [5.41, 5.74) is 2.01. The van der Waals surface area contributed by atoms with Crippen molar-refractivity contribution in [3.63, 3.8) is 0 Å². The molecule has 0 bridgehead atoms. The number of nitrogens with zero attached hydrogens (tertiary/aromatic N) is 1. The monoisotopic (exact) mass is 313 g/mol. The zero-order chi connectivity index (χ0) is 16.8. The Morgan fingerprint density at radius 2 is 1.52 bits per heavy atom. The number of methoxy groups -OCH3 is 1. The van der Waals surface area contributed by atoms with Crippen LogP contribution in [0.3, 0.4) is 0 Å². The lowest BCUT2D eigenvalue weighted by atomic mass is 10.2. The minimum absolute atomic E-state index is 0.521. The van der Waals surface area contributed by atoms with Gasteiger partial charge in [0.25, 0.3) is 0 Å². The maximum atomic E-state index is 12.0. The van der Waals surface area contributed by atoms with E-state index >= 15 is 0 Å². The number of amides is 2. The SMILES string of the molecule is COc1ccc(NC(=O)C(=O)Nc2cccc(N(C)C)c2)cc1. The predicted octanol–water partition coefficient (Wildman–Crippen LogP) is 2.34. The number of rotatable bonds is 4. The molecule has 23 heavy (non-hydrogen) atoms. The number of nitrogens with one attached hydrogen (secondary N) is 2. The lowest BCUT2D eigenvalue weighted by Crippen LogP contribution is -2.29. The number of carbonyl (C=O) groups excluding carboxylic acids is 2. The average Bonchev–Trinajstić information content (AvgIpc) is 2.55. The molecular weight excluding hydrogens is 294 g/mol. The van der Waals surface area contributed by atoms with Gasteiger partial charge in [0.2, 0.25) is 0 Å². The molecule has 6 heteroatoms. The summed E-state index contributed by atoms with van der Waals surface area (Å²) >= 11 is 0. The van der Waals surface area contributed by atoms with E-state index in [9.17, 15) is 9.59 Å². The number of hydrogen-bond donors (Lipinski definition) is 2. The van der Waals surface area contributed by atoms with Gasteiger partial charge in [0.1, 0.15) is 5.75 Å². The zero-order valence-corrected chi connectivity index (χ0v) is 13.3. The number of benzene rings is 2. The topological polar surface area (TPSA) is 70.7 Å². The molecule has 0 saturated heterocycles. The van der Waals surface area contributed by atoms with Crippen molar-refractivity contribution in [1.82, 2.24) is 0 Å². The molecule has 0 saturated carbocycles. The summed E-state index contributed by atoms with van der Waals surface area (Å²) in [6.07, 6.45) is 0. The molecule has 120 valence electrons. The van der Waals surface area contributed by atoms with E-state index in [4.69, 9.17) is 4.74 Å². The predicted molar refractivity (Wildman–Crippen MR) is 91.0 cm³/mol. The van der Waals surface area contributed by atoms with Crippen molar-refractivity contribution < 1.29 is 14.3 Å². The molecule has 0 aromatic heterocycles. The fourth-order valence-corrected chi connectivity index (χ4v) is 1.91. The van der Waals surface area contributed by atoms with Crippen molar-refractivity contribution in [1.29, 1.82) is 0 Å². The van der Waals surface area contributed by atoms with Gasteiger partial charge in [-0.05, 0) is 42.5 Å². The number of ether oxygens (including phenoxy) is 1. The normalized spacial score (nSPS) is 9.87. The second-order valence-electron chi connectivity index (χ2n) is 5.08.